The van der Waals surface area contributed by atoms with Gasteiger partial charge in [-0.2, -0.15) is 0 Å². The normalized spacial score (nSPS) is 20.6. The predicted molar refractivity (Wildman–Crippen MR) is 114 cm³/mol. The lowest BCUT2D eigenvalue weighted by molar-refractivity contribution is 0.0513. The zero-order valence-electron chi connectivity index (χ0n) is 17.5. The molecule has 0 aromatic heterocycles. The van der Waals surface area contributed by atoms with E-state index in [0.29, 0.717) is 0 Å². The number of rotatable bonds is 7. The molecule has 6 heteroatoms. The van der Waals surface area contributed by atoms with Crippen LogP contribution in [0.2, 0.25) is 0 Å². The predicted octanol–water partition coefficient (Wildman–Crippen LogP) is 2.39. The van der Waals surface area contributed by atoms with Crippen molar-refractivity contribution in [2.24, 2.45) is 4.99 Å². The van der Waals surface area contributed by atoms with Crippen molar-refractivity contribution in [3.8, 4) is 5.75 Å². The molecule has 0 unspecified atom stereocenters. The summed E-state index contributed by atoms with van der Waals surface area (Å²) in [5.74, 6) is 1.78. The second-order valence-corrected chi connectivity index (χ2v) is 7.88. The van der Waals surface area contributed by atoms with Crippen LogP contribution in [0, 0.1) is 0 Å². The molecule has 1 aromatic rings. The smallest absolute Gasteiger partial charge is 0.191 e. The molecule has 28 heavy (non-hydrogen) atoms. The third-order valence-electron chi connectivity index (χ3n) is 6.14. The summed E-state index contributed by atoms with van der Waals surface area (Å²) < 4.78 is 11.0. The summed E-state index contributed by atoms with van der Waals surface area (Å²) >= 11 is 0. The summed E-state index contributed by atoms with van der Waals surface area (Å²) in [6.07, 6.45) is 6.07. The molecule has 0 bridgehead atoms. The minimum Gasteiger partial charge on any atom is -0.497 e. The van der Waals surface area contributed by atoms with Crippen molar-refractivity contribution in [3.63, 3.8) is 0 Å². The fourth-order valence-corrected chi connectivity index (χ4v) is 4.26. The first-order valence-electron chi connectivity index (χ1n) is 10.6. The van der Waals surface area contributed by atoms with Crippen LogP contribution in [0.25, 0.3) is 0 Å². The molecule has 156 valence electrons. The SMILES string of the molecule is CN=C(NCCN1CCCCC1)NCC1(c2ccc(OC)cc2)CCOCC1. The number of methoxy groups -OCH3 is 1. The van der Waals surface area contributed by atoms with Crippen molar-refractivity contribution in [1.29, 1.82) is 0 Å². The Kier molecular flexibility index (Phi) is 7.98. The highest BCUT2D eigenvalue weighted by Gasteiger charge is 2.34. The van der Waals surface area contributed by atoms with Crippen LogP contribution in [-0.2, 0) is 10.2 Å². The van der Waals surface area contributed by atoms with Crippen LogP contribution in [0.1, 0.15) is 37.7 Å². The summed E-state index contributed by atoms with van der Waals surface area (Å²) in [4.78, 5) is 6.97. The summed E-state index contributed by atoms with van der Waals surface area (Å²) in [5, 5.41) is 7.07. The zero-order chi connectivity index (χ0) is 19.7. The maximum atomic E-state index is 5.65. The summed E-state index contributed by atoms with van der Waals surface area (Å²) in [6, 6.07) is 8.49. The van der Waals surface area contributed by atoms with Crippen LogP contribution < -0.4 is 15.4 Å². The van der Waals surface area contributed by atoms with Crippen LogP contribution >= 0.6 is 0 Å². The molecule has 2 aliphatic heterocycles. The molecule has 1 aromatic carbocycles. The first kappa shape index (κ1) is 20.9. The van der Waals surface area contributed by atoms with Gasteiger partial charge in [0.15, 0.2) is 5.96 Å². The van der Waals surface area contributed by atoms with E-state index in [0.717, 1.165) is 57.4 Å². The molecule has 0 atom stereocenters. The van der Waals surface area contributed by atoms with Crippen molar-refractivity contribution in [3.05, 3.63) is 29.8 Å². The quantitative estimate of drug-likeness (QED) is 0.555. The Hall–Kier alpha value is -1.79. The third kappa shape index (κ3) is 5.61. The molecule has 2 heterocycles. The zero-order valence-corrected chi connectivity index (χ0v) is 17.5. The van der Waals surface area contributed by atoms with Crippen LogP contribution in [0.3, 0.4) is 0 Å². The fourth-order valence-electron chi connectivity index (χ4n) is 4.26. The lowest BCUT2D eigenvalue weighted by Crippen LogP contribution is -2.49. The van der Waals surface area contributed by atoms with Crippen molar-refractivity contribution in [1.82, 2.24) is 15.5 Å². The molecular formula is C22H36N4O2. The molecule has 0 aliphatic carbocycles. The Labute approximate surface area is 169 Å². The van der Waals surface area contributed by atoms with E-state index >= 15 is 0 Å². The maximum absolute atomic E-state index is 5.65. The van der Waals surface area contributed by atoms with Gasteiger partial charge in [-0.1, -0.05) is 18.6 Å². The number of benzene rings is 1. The number of nitrogens with one attached hydrogen (secondary N) is 2. The molecule has 2 N–H and O–H groups in total. The van der Waals surface area contributed by atoms with E-state index in [4.69, 9.17) is 9.47 Å². The number of likely N-dealkylation sites (tertiary alicyclic amines) is 1. The van der Waals surface area contributed by atoms with E-state index in [1.54, 1.807) is 7.11 Å². The topological polar surface area (TPSA) is 58.1 Å². The fraction of sp³-hybridized carbons (Fsp3) is 0.682. The highest BCUT2D eigenvalue weighted by atomic mass is 16.5. The van der Waals surface area contributed by atoms with Gasteiger partial charge >= 0.3 is 0 Å². The van der Waals surface area contributed by atoms with E-state index in [2.05, 4.69) is 44.8 Å². The van der Waals surface area contributed by atoms with E-state index in [-0.39, 0.29) is 5.41 Å². The van der Waals surface area contributed by atoms with Gasteiger partial charge in [0.05, 0.1) is 7.11 Å². The van der Waals surface area contributed by atoms with Gasteiger partial charge in [-0.3, -0.25) is 4.99 Å². The van der Waals surface area contributed by atoms with Crippen molar-refractivity contribution < 1.29 is 9.47 Å². The minimum atomic E-state index is 0.0645. The van der Waals surface area contributed by atoms with Gasteiger partial charge in [-0.15, -0.1) is 0 Å². The average molecular weight is 389 g/mol. The monoisotopic (exact) mass is 388 g/mol. The Morgan fingerprint density at radius 1 is 1.11 bits per heavy atom. The van der Waals surface area contributed by atoms with Crippen molar-refractivity contribution in [2.45, 2.75) is 37.5 Å². The molecule has 0 amide bonds. The van der Waals surface area contributed by atoms with Gasteiger partial charge in [-0.05, 0) is 56.5 Å². The maximum Gasteiger partial charge on any atom is 0.191 e. The van der Waals surface area contributed by atoms with E-state index in [1.165, 1.54) is 37.9 Å². The summed E-state index contributed by atoms with van der Waals surface area (Å²) in [6.45, 7) is 6.93. The second-order valence-electron chi connectivity index (χ2n) is 7.88. The number of hydrogen-bond donors (Lipinski definition) is 2. The van der Waals surface area contributed by atoms with Gasteiger partial charge in [0.1, 0.15) is 5.75 Å². The van der Waals surface area contributed by atoms with Gasteiger partial charge in [0.2, 0.25) is 0 Å². The molecule has 2 saturated heterocycles. The standard InChI is InChI=1S/C22H36N4O2/c1-23-21(24-12-15-26-13-4-3-5-14-26)25-18-22(10-16-28-17-11-22)19-6-8-20(27-2)9-7-19/h6-9H,3-5,10-18H2,1-2H3,(H2,23,24,25). The van der Waals surface area contributed by atoms with Gasteiger partial charge < -0.3 is 25.0 Å². The second kappa shape index (κ2) is 10.7. The number of guanidine groups is 1. The highest BCUT2D eigenvalue weighted by Crippen LogP contribution is 2.35. The lowest BCUT2D eigenvalue weighted by Gasteiger charge is -2.38. The number of ether oxygens (including phenoxy) is 2. The van der Waals surface area contributed by atoms with E-state index in [9.17, 15) is 0 Å². The average Bonchev–Trinajstić information content (AvgIpc) is 2.77. The Morgan fingerprint density at radius 2 is 1.82 bits per heavy atom. The highest BCUT2D eigenvalue weighted by molar-refractivity contribution is 5.79. The van der Waals surface area contributed by atoms with E-state index < -0.39 is 0 Å². The van der Waals surface area contributed by atoms with Crippen LogP contribution in [0.15, 0.2) is 29.3 Å². The molecule has 0 saturated carbocycles. The number of hydrogen-bond acceptors (Lipinski definition) is 4. The Bertz CT molecular complexity index is 605. The minimum absolute atomic E-state index is 0.0645. The van der Waals surface area contributed by atoms with Crippen molar-refractivity contribution >= 4 is 5.96 Å². The third-order valence-corrected chi connectivity index (χ3v) is 6.14. The van der Waals surface area contributed by atoms with Gasteiger partial charge in [0.25, 0.3) is 0 Å². The molecule has 3 rings (SSSR count). The van der Waals surface area contributed by atoms with Crippen LogP contribution in [0.4, 0.5) is 0 Å². The van der Waals surface area contributed by atoms with Crippen LogP contribution in [-0.4, -0.2) is 71.0 Å². The van der Waals surface area contributed by atoms with Gasteiger partial charge in [0, 0.05) is 45.3 Å². The summed E-state index contributed by atoms with van der Waals surface area (Å²) in [5.41, 5.74) is 1.41. The molecule has 0 spiro atoms. The van der Waals surface area contributed by atoms with Gasteiger partial charge in [-0.25, -0.2) is 0 Å². The number of nitrogens with zero attached hydrogens (tertiary/aromatic N) is 2. The molecule has 2 aliphatic rings. The molecule has 6 nitrogen and oxygen atoms in total. The van der Waals surface area contributed by atoms with Crippen LogP contribution in [0.5, 0.6) is 5.75 Å². The largest absolute Gasteiger partial charge is 0.497 e. The van der Waals surface area contributed by atoms with Crippen molar-refractivity contribution in [2.75, 3.05) is 60.1 Å². The molecule has 2 fully saturated rings. The lowest BCUT2D eigenvalue weighted by atomic mass is 9.74. The number of aliphatic imine (C=N–C) groups is 1. The molecular weight excluding hydrogens is 352 g/mol. The summed E-state index contributed by atoms with van der Waals surface area (Å²) in [7, 11) is 3.56. The van der Waals surface area contributed by atoms with E-state index in [1.807, 2.05) is 7.05 Å². The Morgan fingerprint density at radius 3 is 2.46 bits per heavy atom. The molecule has 0 radical (unpaired) electrons. The first-order valence-corrected chi connectivity index (χ1v) is 10.6. The first-order chi connectivity index (χ1) is 13.8. The Balaban J connectivity index is 1.55. The number of piperidine rings is 1.